The molecular formula is C16H25N5O2. The number of hydrogen-bond donors (Lipinski definition) is 2. The molecule has 126 valence electrons. The Bertz CT molecular complexity index is 611. The lowest BCUT2D eigenvalue weighted by Crippen LogP contribution is -2.31. The molecule has 0 aliphatic heterocycles. The quantitative estimate of drug-likeness (QED) is 0.651. The average Bonchev–Trinajstić information content (AvgIpc) is 2.99. The molecule has 2 N–H and O–H groups in total. The number of aromatic nitrogens is 2. The fourth-order valence-electron chi connectivity index (χ4n) is 2.27. The van der Waals surface area contributed by atoms with E-state index in [0.717, 1.165) is 49.1 Å². The molecule has 0 fully saturated rings. The highest BCUT2D eigenvalue weighted by molar-refractivity contribution is 5.86. The van der Waals surface area contributed by atoms with Gasteiger partial charge in [0.05, 0.1) is 5.69 Å². The van der Waals surface area contributed by atoms with E-state index in [1.165, 1.54) is 0 Å². The van der Waals surface area contributed by atoms with Crippen molar-refractivity contribution < 1.29 is 9.42 Å². The molecule has 0 saturated carbocycles. The van der Waals surface area contributed by atoms with Gasteiger partial charge in [-0.05, 0) is 49.4 Å². The first-order valence-corrected chi connectivity index (χ1v) is 8.03. The minimum atomic E-state index is 0.137. The average molecular weight is 319 g/mol. The van der Waals surface area contributed by atoms with Crippen molar-refractivity contribution in [2.75, 3.05) is 39.0 Å². The summed E-state index contributed by atoms with van der Waals surface area (Å²) in [5, 5.41) is 14.0. The van der Waals surface area contributed by atoms with Crippen molar-refractivity contribution in [3.05, 3.63) is 18.2 Å². The minimum Gasteiger partial charge on any atom is -0.383 e. The molecule has 1 amide bonds. The first-order valence-electron chi connectivity index (χ1n) is 8.03. The predicted molar refractivity (Wildman–Crippen MR) is 90.3 cm³/mol. The first kappa shape index (κ1) is 17.2. The van der Waals surface area contributed by atoms with Crippen LogP contribution in [0.25, 0.3) is 11.0 Å². The van der Waals surface area contributed by atoms with E-state index in [0.29, 0.717) is 13.0 Å². The zero-order valence-corrected chi connectivity index (χ0v) is 13.8. The van der Waals surface area contributed by atoms with Gasteiger partial charge in [-0.15, -0.1) is 0 Å². The summed E-state index contributed by atoms with van der Waals surface area (Å²) in [6.07, 6.45) is 3.52. The van der Waals surface area contributed by atoms with Gasteiger partial charge in [-0.2, -0.15) is 0 Å². The smallest absolute Gasteiger partial charge is 0.220 e. The highest BCUT2D eigenvalue weighted by atomic mass is 16.6. The zero-order chi connectivity index (χ0) is 16.5. The van der Waals surface area contributed by atoms with E-state index in [9.17, 15) is 4.79 Å². The number of carbonyl (C=O) groups excluding carboxylic acids is 1. The molecule has 0 saturated heterocycles. The molecule has 2 aromatic rings. The number of anilines is 1. The van der Waals surface area contributed by atoms with Gasteiger partial charge < -0.3 is 15.5 Å². The maximum absolute atomic E-state index is 11.6. The highest BCUT2D eigenvalue weighted by Crippen LogP contribution is 2.19. The van der Waals surface area contributed by atoms with Gasteiger partial charge in [0, 0.05) is 26.1 Å². The molecule has 7 nitrogen and oxygen atoms in total. The third-order valence-corrected chi connectivity index (χ3v) is 3.56. The Labute approximate surface area is 136 Å². The molecule has 0 atom stereocenters. The van der Waals surface area contributed by atoms with Gasteiger partial charge in [-0.25, -0.2) is 4.63 Å². The van der Waals surface area contributed by atoms with Crippen LogP contribution in [0, 0.1) is 0 Å². The van der Waals surface area contributed by atoms with Gasteiger partial charge in [0.25, 0.3) is 0 Å². The van der Waals surface area contributed by atoms with E-state index in [1.807, 2.05) is 32.3 Å². The number of benzene rings is 1. The van der Waals surface area contributed by atoms with Crippen LogP contribution in [0.1, 0.15) is 25.7 Å². The van der Waals surface area contributed by atoms with Crippen molar-refractivity contribution in [1.29, 1.82) is 0 Å². The summed E-state index contributed by atoms with van der Waals surface area (Å²) in [5.41, 5.74) is 2.45. The van der Waals surface area contributed by atoms with E-state index >= 15 is 0 Å². The lowest BCUT2D eigenvalue weighted by Gasteiger charge is -2.10. The predicted octanol–water partition coefficient (Wildman–Crippen LogP) is 1.87. The second-order valence-corrected chi connectivity index (χ2v) is 5.83. The van der Waals surface area contributed by atoms with E-state index in [2.05, 4.69) is 25.8 Å². The standard InChI is InChI=1S/C16H25N5O2/c1-21(2)12-11-18-15(22)9-4-3-5-10-17-13-7-6-8-14-16(13)20-23-19-14/h6-8,17H,3-5,9-12H2,1-2H3,(H,18,22). The summed E-state index contributed by atoms with van der Waals surface area (Å²) in [5.74, 6) is 0.137. The Balaban J connectivity index is 1.56. The number of nitrogens with zero attached hydrogens (tertiary/aromatic N) is 3. The largest absolute Gasteiger partial charge is 0.383 e. The number of nitrogens with one attached hydrogen (secondary N) is 2. The fourth-order valence-corrected chi connectivity index (χ4v) is 2.27. The van der Waals surface area contributed by atoms with E-state index in [1.54, 1.807) is 0 Å². The Morgan fingerprint density at radius 1 is 1.17 bits per heavy atom. The third kappa shape index (κ3) is 5.86. The Morgan fingerprint density at radius 3 is 2.87 bits per heavy atom. The summed E-state index contributed by atoms with van der Waals surface area (Å²) in [6.45, 7) is 2.43. The van der Waals surface area contributed by atoms with Gasteiger partial charge in [-0.1, -0.05) is 12.5 Å². The molecule has 0 aliphatic carbocycles. The van der Waals surface area contributed by atoms with Gasteiger partial charge in [0.15, 0.2) is 5.52 Å². The van der Waals surface area contributed by atoms with Gasteiger partial charge in [0.2, 0.25) is 5.91 Å². The normalized spacial score (nSPS) is 11.1. The zero-order valence-electron chi connectivity index (χ0n) is 13.8. The van der Waals surface area contributed by atoms with Crippen LogP contribution in [0.3, 0.4) is 0 Å². The first-order chi connectivity index (χ1) is 11.2. The molecule has 0 unspecified atom stereocenters. The minimum absolute atomic E-state index is 0.137. The summed E-state index contributed by atoms with van der Waals surface area (Å²) in [4.78, 5) is 13.7. The lowest BCUT2D eigenvalue weighted by molar-refractivity contribution is -0.121. The van der Waals surface area contributed by atoms with Crippen LogP contribution in [-0.4, -0.2) is 54.9 Å². The monoisotopic (exact) mass is 319 g/mol. The number of hydrogen-bond acceptors (Lipinski definition) is 6. The van der Waals surface area contributed by atoms with Crippen LogP contribution in [0.2, 0.25) is 0 Å². The van der Waals surface area contributed by atoms with Gasteiger partial charge in [-0.3, -0.25) is 4.79 Å². The summed E-state index contributed by atoms with van der Waals surface area (Å²) < 4.78 is 4.74. The van der Waals surface area contributed by atoms with Crippen LogP contribution < -0.4 is 10.6 Å². The van der Waals surface area contributed by atoms with E-state index in [4.69, 9.17) is 4.63 Å². The number of fused-ring (bicyclic) bond motifs is 1. The van der Waals surface area contributed by atoms with Crippen molar-refractivity contribution in [2.45, 2.75) is 25.7 Å². The summed E-state index contributed by atoms with van der Waals surface area (Å²) >= 11 is 0. The van der Waals surface area contributed by atoms with E-state index in [-0.39, 0.29) is 5.91 Å². The summed E-state index contributed by atoms with van der Waals surface area (Å²) in [6, 6.07) is 5.75. The molecule has 23 heavy (non-hydrogen) atoms. The number of rotatable bonds is 10. The maximum Gasteiger partial charge on any atom is 0.220 e. The molecule has 7 heteroatoms. The Kier molecular flexibility index (Phi) is 6.80. The van der Waals surface area contributed by atoms with Crippen molar-refractivity contribution in [3.8, 4) is 0 Å². The molecule has 0 radical (unpaired) electrons. The topological polar surface area (TPSA) is 83.3 Å². The molecule has 0 aliphatic rings. The maximum atomic E-state index is 11.6. The van der Waals surface area contributed by atoms with Crippen LogP contribution >= 0.6 is 0 Å². The molecule has 0 spiro atoms. The highest BCUT2D eigenvalue weighted by Gasteiger charge is 2.05. The van der Waals surface area contributed by atoms with Gasteiger partial charge in [0.1, 0.15) is 5.52 Å². The van der Waals surface area contributed by atoms with Crippen LogP contribution in [-0.2, 0) is 4.79 Å². The molecule has 1 aromatic heterocycles. The van der Waals surface area contributed by atoms with Crippen molar-refractivity contribution in [3.63, 3.8) is 0 Å². The molecule has 1 aromatic carbocycles. The van der Waals surface area contributed by atoms with Crippen LogP contribution in [0.15, 0.2) is 22.8 Å². The van der Waals surface area contributed by atoms with Crippen LogP contribution in [0.4, 0.5) is 5.69 Å². The second-order valence-electron chi connectivity index (χ2n) is 5.83. The Morgan fingerprint density at radius 2 is 2.04 bits per heavy atom. The number of amides is 1. The van der Waals surface area contributed by atoms with E-state index < -0.39 is 0 Å². The molecule has 1 heterocycles. The number of likely N-dealkylation sites (N-methyl/N-ethyl adjacent to an activating group) is 1. The van der Waals surface area contributed by atoms with Crippen LogP contribution in [0.5, 0.6) is 0 Å². The lowest BCUT2D eigenvalue weighted by atomic mass is 10.2. The number of carbonyl (C=O) groups is 1. The third-order valence-electron chi connectivity index (χ3n) is 3.56. The molecule has 2 rings (SSSR count). The molecule has 0 bridgehead atoms. The van der Waals surface area contributed by atoms with Crippen molar-refractivity contribution in [2.24, 2.45) is 0 Å². The van der Waals surface area contributed by atoms with Crippen molar-refractivity contribution in [1.82, 2.24) is 20.5 Å². The SMILES string of the molecule is CN(C)CCNC(=O)CCCCCNc1cccc2nonc12. The summed E-state index contributed by atoms with van der Waals surface area (Å²) in [7, 11) is 3.99. The second kappa shape index (κ2) is 9.09. The fraction of sp³-hybridized carbons (Fsp3) is 0.562. The molecular weight excluding hydrogens is 294 g/mol. The Hall–Kier alpha value is -2.15. The number of unbranched alkanes of at least 4 members (excludes halogenated alkanes) is 2. The van der Waals surface area contributed by atoms with Gasteiger partial charge >= 0.3 is 0 Å². The van der Waals surface area contributed by atoms with Crippen molar-refractivity contribution >= 4 is 22.6 Å².